The third kappa shape index (κ3) is 4.57. The normalized spacial score (nSPS) is 20.2. The van der Waals surface area contributed by atoms with Gasteiger partial charge in [0.05, 0.1) is 0 Å². The first-order chi connectivity index (χ1) is 15.3. The molecule has 5 nitrogen and oxygen atoms in total. The Morgan fingerprint density at radius 2 is 1.71 bits per heavy atom. The number of amides is 1. The molecule has 1 aromatic heterocycles. The van der Waals surface area contributed by atoms with Crippen molar-refractivity contribution in [2.24, 2.45) is 5.92 Å². The van der Waals surface area contributed by atoms with E-state index < -0.39 is 0 Å². The molecule has 3 aromatic rings. The maximum Gasteiger partial charge on any atom is 0.253 e. The Kier molecular flexibility index (Phi) is 5.85. The van der Waals surface area contributed by atoms with Crippen LogP contribution in [0.15, 0.2) is 66.9 Å². The van der Waals surface area contributed by atoms with Gasteiger partial charge in [0.1, 0.15) is 5.82 Å². The van der Waals surface area contributed by atoms with Crippen LogP contribution in [0.5, 0.6) is 0 Å². The zero-order valence-electron chi connectivity index (χ0n) is 18.0. The maximum absolute atomic E-state index is 13.2. The Morgan fingerprint density at radius 1 is 0.903 bits per heavy atom. The van der Waals surface area contributed by atoms with E-state index in [1.54, 1.807) is 0 Å². The number of piperazine rings is 1. The van der Waals surface area contributed by atoms with Gasteiger partial charge < -0.3 is 9.80 Å². The Hall–Kier alpha value is -2.92. The van der Waals surface area contributed by atoms with Gasteiger partial charge in [0.2, 0.25) is 0 Å². The predicted octanol–water partition coefficient (Wildman–Crippen LogP) is 3.91. The van der Waals surface area contributed by atoms with Gasteiger partial charge in [-0.3, -0.25) is 9.69 Å². The van der Waals surface area contributed by atoms with Crippen LogP contribution < -0.4 is 4.90 Å². The highest BCUT2D eigenvalue weighted by atomic mass is 16.2. The lowest BCUT2D eigenvalue weighted by Crippen LogP contribution is -2.50. The number of nitrogens with zero attached hydrogens (tertiary/aromatic N) is 4. The van der Waals surface area contributed by atoms with Gasteiger partial charge in [-0.25, -0.2) is 4.98 Å². The molecule has 2 aliphatic rings. The number of benzene rings is 2. The van der Waals surface area contributed by atoms with Crippen molar-refractivity contribution < 1.29 is 4.79 Å². The lowest BCUT2D eigenvalue weighted by atomic mass is 9.96. The lowest BCUT2D eigenvalue weighted by Gasteiger charge is -2.39. The summed E-state index contributed by atoms with van der Waals surface area (Å²) in [5.41, 5.74) is 0.809. The Labute approximate surface area is 184 Å². The minimum absolute atomic E-state index is 0.176. The number of carbonyl (C=O) groups is 1. The molecule has 0 aliphatic carbocycles. The van der Waals surface area contributed by atoms with Crippen LogP contribution in [-0.2, 0) is 0 Å². The van der Waals surface area contributed by atoms with E-state index in [0.717, 1.165) is 69.0 Å². The van der Waals surface area contributed by atoms with E-state index in [2.05, 4.69) is 50.0 Å². The third-order valence-corrected chi connectivity index (χ3v) is 6.66. The van der Waals surface area contributed by atoms with Gasteiger partial charge in [-0.1, -0.05) is 36.4 Å². The number of rotatable bonds is 4. The van der Waals surface area contributed by atoms with Gasteiger partial charge in [0, 0.05) is 57.6 Å². The summed E-state index contributed by atoms with van der Waals surface area (Å²) in [6.45, 7) is 6.98. The molecule has 1 unspecified atom stereocenters. The molecule has 0 saturated carbocycles. The summed E-state index contributed by atoms with van der Waals surface area (Å²) >= 11 is 0. The zero-order chi connectivity index (χ0) is 21.0. The smallest absolute Gasteiger partial charge is 0.253 e. The molecular weight excluding hydrogens is 384 g/mol. The van der Waals surface area contributed by atoms with Crippen molar-refractivity contribution in [3.05, 3.63) is 72.4 Å². The summed E-state index contributed by atoms with van der Waals surface area (Å²) in [5, 5.41) is 2.31. The molecule has 31 heavy (non-hydrogen) atoms. The van der Waals surface area contributed by atoms with Crippen molar-refractivity contribution in [2.75, 3.05) is 50.7 Å². The van der Waals surface area contributed by atoms with Gasteiger partial charge in [-0.2, -0.15) is 0 Å². The number of likely N-dealkylation sites (tertiary alicyclic amines) is 1. The molecule has 2 fully saturated rings. The Morgan fingerprint density at radius 3 is 2.52 bits per heavy atom. The molecule has 0 N–H and O–H groups in total. The maximum atomic E-state index is 13.2. The molecule has 2 aromatic carbocycles. The van der Waals surface area contributed by atoms with Crippen molar-refractivity contribution in [3.8, 4) is 0 Å². The summed E-state index contributed by atoms with van der Waals surface area (Å²) in [7, 11) is 0. The minimum atomic E-state index is 0.176. The van der Waals surface area contributed by atoms with Crippen molar-refractivity contribution in [1.82, 2.24) is 14.8 Å². The van der Waals surface area contributed by atoms with Crippen LogP contribution in [0.25, 0.3) is 10.8 Å². The van der Waals surface area contributed by atoms with Crippen molar-refractivity contribution in [1.29, 1.82) is 0 Å². The van der Waals surface area contributed by atoms with E-state index in [9.17, 15) is 4.79 Å². The summed E-state index contributed by atoms with van der Waals surface area (Å²) in [6, 6.07) is 20.4. The molecule has 0 spiro atoms. The molecule has 1 atom stereocenters. The Bertz CT molecular complexity index is 1030. The van der Waals surface area contributed by atoms with Gasteiger partial charge in [-0.15, -0.1) is 0 Å². The van der Waals surface area contributed by atoms with Crippen LogP contribution >= 0.6 is 0 Å². The molecule has 5 heteroatoms. The second-order valence-electron chi connectivity index (χ2n) is 8.80. The van der Waals surface area contributed by atoms with Crippen LogP contribution in [0.2, 0.25) is 0 Å². The average molecular weight is 415 g/mol. The molecule has 0 radical (unpaired) electrons. The summed E-state index contributed by atoms with van der Waals surface area (Å²) < 4.78 is 0. The van der Waals surface area contributed by atoms with E-state index in [1.165, 1.54) is 11.8 Å². The fraction of sp³-hybridized carbons (Fsp3) is 0.385. The second kappa shape index (κ2) is 9.06. The molecule has 160 valence electrons. The van der Waals surface area contributed by atoms with E-state index >= 15 is 0 Å². The van der Waals surface area contributed by atoms with Crippen LogP contribution in [-0.4, -0.2) is 66.5 Å². The third-order valence-electron chi connectivity index (χ3n) is 6.66. The van der Waals surface area contributed by atoms with Gasteiger partial charge in [0.15, 0.2) is 0 Å². The van der Waals surface area contributed by atoms with Crippen LogP contribution in [0.1, 0.15) is 23.2 Å². The van der Waals surface area contributed by atoms with Crippen molar-refractivity contribution in [2.45, 2.75) is 12.8 Å². The lowest BCUT2D eigenvalue weighted by molar-refractivity contribution is 0.0637. The highest BCUT2D eigenvalue weighted by Gasteiger charge is 2.27. The standard InChI is InChI=1S/C26H30N4O/c31-26(24-11-10-22-7-1-2-8-23(22)18-24)30-13-5-6-21(20-30)19-28-14-16-29(17-15-28)25-9-3-4-12-27-25/h1-4,7-12,18,21H,5-6,13-17,19-20H2. The fourth-order valence-corrected chi connectivity index (χ4v) is 4.97. The minimum Gasteiger partial charge on any atom is -0.354 e. The molecule has 3 heterocycles. The number of fused-ring (bicyclic) bond motifs is 1. The largest absolute Gasteiger partial charge is 0.354 e. The molecule has 2 saturated heterocycles. The number of aromatic nitrogens is 1. The van der Waals surface area contributed by atoms with E-state index in [-0.39, 0.29) is 5.91 Å². The number of hydrogen-bond acceptors (Lipinski definition) is 4. The van der Waals surface area contributed by atoms with Gasteiger partial charge in [0.25, 0.3) is 5.91 Å². The van der Waals surface area contributed by atoms with Crippen molar-refractivity contribution in [3.63, 3.8) is 0 Å². The number of anilines is 1. The summed E-state index contributed by atoms with van der Waals surface area (Å²) in [5.74, 6) is 1.81. The van der Waals surface area contributed by atoms with Gasteiger partial charge >= 0.3 is 0 Å². The number of piperidine rings is 1. The first kappa shape index (κ1) is 20.0. The zero-order valence-corrected chi connectivity index (χ0v) is 18.0. The number of carbonyl (C=O) groups excluding carboxylic acids is 1. The van der Waals surface area contributed by atoms with E-state index in [1.807, 2.05) is 36.5 Å². The highest BCUT2D eigenvalue weighted by molar-refractivity contribution is 5.98. The molecule has 5 rings (SSSR count). The monoisotopic (exact) mass is 414 g/mol. The summed E-state index contributed by atoms with van der Waals surface area (Å²) in [4.78, 5) is 24.7. The molecule has 0 bridgehead atoms. The van der Waals surface area contributed by atoms with Gasteiger partial charge in [-0.05, 0) is 53.8 Å². The number of pyridine rings is 1. The van der Waals surface area contributed by atoms with Crippen LogP contribution in [0.3, 0.4) is 0 Å². The summed E-state index contributed by atoms with van der Waals surface area (Å²) in [6.07, 6.45) is 4.17. The predicted molar refractivity (Wildman–Crippen MR) is 125 cm³/mol. The van der Waals surface area contributed by atoms with E-state index in [0.29, 0.717) is 5.92 Å². The first-order valence-electron chi connectivity index (χ1n) is 11.4. The molecule has 1 amide bonds. The van der Waals surface area contributed by atoms with Crippen molar-refractivity contribution >= 4 is 22.5 Å². The molecule has 2 aliphatic heterocycles. The quantitative estimate of drug-likeness (QED) is 0.649. The Balaban J connectivity index is 1.17. The highest BCUT2D eigenvalue weighted by Crippen LogP contribution is 2.23. The topological polar surface area (TPSA) is 39.7 Å². The number of hydrogen-bond donors (Lipinski definition) is 0. The van der Waals surface area contributed by atoms with Crippen LogP contribution in [0.4, 0.5) is 5.82 Å². The SMILES string of the molecule is O=C(c1ccc2ccccc2c1)N1CCCC(CN2CCN(c3ccccn3)CC2)C1. The van der Waals surface area contributed by atoms with Crippen LogP contribution in [0, 0.1) is 5.92 Å². The van der Waals surface area contributed by atoms with E-state index in [4.69, 9.17) is 0 Å². The molecular formula is C26H30N4O. The second-order valence-corrected chi connectivity index (χ2v) is 8.80. The first-order valence-corrected chi connectivity index (χ1v) is 11.4. The average Bonchev–Trinajstić information content (AvgIpc) is 2.84. The fourth-order valence-electron chi connectivity index (χ4n) is 4.97.